The average Bonchev–Trinajstić information content (AvgIpc) is 2.74. The highest BCUT2D eigenvalue weighted by molar-refractivity contribution is 8.26. The number of carbonyl (C=O) groups excluding carboxylic acids is 2. The molecule has 0 aliphatic carbocycles. The van der Waals surface area contributed by atoms with Crippen LogP contribution in [0.3, 0.4) is 0 Å². The van der Waals surface area contributed by atoms with Crippen molar-refractivity contribution in [2.24, 2.45) is 5.73 Å². The Bertz CT molecular complexity index is 782. The predicted octanol–water partition coefficient (Wildman–Crippen LogP) is 2.52. The van der Waals surface area contributed by atoms with E-state index < -0.39 is 30.2 Å². The van der Waals surface area contributed by atoms with E-state index in [1.54, 1.807) is 12.1 Å². The van der Waals surface area contributed by atoms with Gasteiger partial charge in [0.1, 0.15) is 10.4 Å². The highest BCUT2D eigenvalue weighted by atomic mass is 35.5. The zero-order valence-corrected chi connectivity index (χ0v) is 15.0. The molecule has 0 unspecified atom stereocenters. The lowest BCUT2D eigenvalue weighted by Gasteiger charge is -2.21. The second kappa shape index (κ2) is 7.52. The highest BCUT2D eigenvalue weighted by Crippen LogP contribution is 2.36. The van der Waals surface area contributed by atoms with E-state index in [1.165, 1.54) is 12.1 Å². The van der Waals surface area contributed by atoms with Crippen LogP contribution >= 0.6 is 47.2 Å². The number of rotatable bonds is 5. The molecule has 2 amide bonds. The summed E-state index contributed by atoms with van der Waals surface area (Å²) in [6.45, 7) is 0. The number of aliphatic carboxylic acids is 1. The Morgan fingerprint density at radius 3 is 2.62 bits per heavy atom. The van der Waals surface area contributed by atoms with Gasteiger partial charge in [-0.15, -0.1) is 0 Å². The average molecular weight is 405 g/mol. The van der Waals surface area contributed by atoms with Crippen molar-refractivity contribution in [1.82, 2.24) is 4.90 Å². The molecule has 0 bridgehead atoms. The van der Waals surface area contributed by atoms with E-state index in [-0.39, 0.29) is 9.23 Å². The maximum Gasteiger partial charge on any atom is 0.327 e. The minimum absolute atomic E-state index is 0.0324. The Morgan fingerprint density at radius 2 is 2.08 bits per heavy atom. The molecule has 0 spiro atoms. The van der Waals surface area contributed by atoms with Gasteiger partial charge in [0.2, 0.25) is 5.91 Å². The van der Waals surface area contributed by atoms with E-state index in [9.17, 15) is 19.5 Å². The van der Waals surface area contributed by atoms with E-state index in [2.05, 4.69) is 0 Å². The lowest BCUT2D eigenvalue weighted by molar-refractivity contribution is -0.146. The van der Waals surface area contributed by atoms with Gasteiger partial charge in [-0.1, -0.05) is 53.2 Å². The van der Waals surface area contributed by atoms with Crippen LogP contribution in [-0.2, 0) is 14.4 Å². The van der Waals surface area contributed by atoms with E-state index in [4.69, 9.17) is 41.2 Å². The Morgan fingerprint density at radius 1 is 1.42 bits per heavy atom. The normalized spacial score (nSPS) is 17.4. The minimum Gasteiger partial charge on any atom is -0.480 e. The molecule has 126 valence electrons. The molecule has 0 aromatic heterocycles. The number of thiocarbonyl (C=S) groups is 1. The van der Waals surface area contributed by atoms with Crippen LogP contribution < -0.4 is 5.73 Å². The fraction of sp³-hybridized carbons (Fsp3) is 0.143. The third kappa shape index (κ3) is 4.07. The van der Waals surface area contributed by atoms with Crippen LogP contribution in [0.5, 0.6) is 0 Å². The number of nitrogens with two attached hydrogens (primary N) is 1. The second-order valence-electron chi connectivity index (χ2n) is 4.74. The van der Waals surface area contributed by atoms with Crippen LogP contribution in [0.2, 0.25) is 10.0 Å². The number of primary amides is 1. The summed E-state index contributed by atoms with van der Waals surface area (Å²) in [6.07, 6.45) is 0.956. The summed E-state index contributed by atoms with van der Waals surface area (Å²) in [4.78, 5) is 36.0. The summed E-state index contributed by atoms with van der Waals surface area (Å²) in [7, 11) is 0. The summed E-state index contributed by atoms with van der Waals surface area (Å²) < 4.78 is 0.0324. The molecule has 0 saturated carbocycles. The SMILES string of the molecule is NC(=O)C[C@@H](C(=O)O)N1C(=O)/C(=C/c2ccc(Cl)cc2Cl)SC1=S. The molecule has 1 aromatic carbocycles. The van der Waals surface area contributed by atoms with Gasteiger partial charge in [0.15, 0.2) is 0 Å². The van der Waals surface area contributed by atoms with Crippen molar-refractivity contribution >= 4 is 75.4 Å². The van der Waals surface area contributed by atoms with E-state index in [1.807, 2.05) is 0 Å². The zero-order chi connectivity index (χ0) is 18.0. The molecular weight excluding hydrogens is 395 g/mol. The van der Waals surface area contributed by atoms with Crippen molar-refractivity contribution in [1.29, 1.82) is 0 Å². The van der Waals surface area contributed by atoms with Gasteiger partial charge in [0.25, 0.3) is 5.91 Å². The van der Waals surface area contributed by atoms with Gasteiger partial charge in [0.05, 0.1) is 11.3 Å². The van der Waals surface area contributed by atoms with Crippen LogP contribution in [0.25, 0.3) is 6.08 Å². The molecule has 1 fully saturated rings. The van der Waals surface area contributed by atoms with Gasteiger partial charge < -0.3 is 10.8 Å². The Kier molecular flexibility index (Phi) is 5.87. The fourth-order valence-electron chi connectivity index (χ4n) is 1.99. The lowest BCUT2D eigenvalue weighted by Crippen LogP contribution is -2.46. The summed E-state index contributed by atoms with van der Waals surface area (Å²) in [5.74, 6) is -2.83. The number of halogens is 2. The maximum absolute atomic E-state index is 12.5. The molecule has 6 nitrogen and oxygen atoms in total. The summed E-state index contributed by atoms with van der Waals surface area (Å²) in [6, 6.07) is 3.30. The van der Waals surface area contributed by atoms with Crippen LogP contribution in [0.1, 0.15) is 12.0 Å². The molecule has 24 heavy (non-hydrogen) atoms. The summed E-state index contributed by atoms with van der Waals surface area (Å²) in [5.41, 5.74) is 5.58. The maximum atomic E-state index is 12.5. The molecule has 0 radical (unpaired) electrons. The molecule has 1 atom stereocenters. The predicted molar refractivity (Wildman–Crippen MR) is 96.7 cm³/mol. The molecule has 1 saturated heterocycles. The van der Waals surface area contributed by atoms with Gasteiger partial charge >= 0.3 is 5.97 Å². The first-order valence-electron chi connectivity index (χ1n) is 6.44. The van der Waals surface area contributed by atoms with E-state index in [0.29, 0.717) is 15.6 Å². The fourth-order valence-corrected chi connectivity index (χ4v) is 3.80. The topological polar surface area (TPSA) is 101 Å². The number of benzene rings is 1. The van der Waals surface area contributed by atoms with Gasteiger partial charge in [-0.05, 0) is 23.8 Å². The third-order valence-corrected chi connectivity index (χ3v) is 4.96. The molecule has 1 heterocycles. The van der Waals surface area contributed by atoms with E-state index >= 15 is 0 Å². The van der Waals surface area contributed by atoms with Crippen molar-refractivity contribution in [3.05, 3.63) is 38.7 Å². The standard InChI is InChI=1S/C14H10Cl2N2O4S2/c15-7-2-1-6(8(16)4-7)3-10-12(20)18(14(23)24-10)9(13(21)22)5-11(17)19/h1-4,9H,5H2,(H2,17,19)(H,21,22)/b10-3-/t9-/m0/s1. The van der Waals surface area contributed by atoms with Crippen molar-refractivity contribution in [2.75, 3.05) is 0 Å². The van der Waals surface area contributed by atoms with Crippen molar-refractivity contribution in [2.45, 2.75) is 12.5 Å². The van der Waals surface area contributed by atoms with Crippen molar-refractivity contribution in [3.8, 4) is 0 Å². The number of hydrogen-bond donors (Lipinski definition) is 2. The molecule has 1 aromatic rings. The Hall–Kier alpha value is -1.61. The third-order valence-electron chi connectivity index (χ3n) is 3.06. The first-order chi connectivity index (χ1) is 11.2. The van der Waals surface area contributed by atoms with Crippen LogP contribution in [0.15, 0.2) is 23.1 Å². The molecule has 10 heteroatoms. The van der Waals surface area contributed by atoms with Crippen molar-refractivity contribution < 1.29 is 19.5 Å². The number of nitrogens with zero attached hydrogens (tertiary/aromatic N) is 1. The number of carbonyl (C=O) groups is 3. The highest BCUT2D eigenvalue weighted by Gasteiger charge is 2.41. The number of thioether (sulfide) groups is 1. The van der Waals surface area contributed by atoms with Crippen molar-refractivity contribution in [3.63, 3.8) is 0 Å². The number of carboxylic acids is 1. The van der Waals surface area contributed by atoms with Crippen LogP contribution in [0.4, 0.5) is 0 Å². The molecule has 3 N–H and O–H groups in total. The van der Waals surface area contributed by atoms with Gasteiger partial charge in [-0.3, -0.25) is 14.5 Å². The first kappa shape index (κ1) is 18.7. The van der Waals surface area contributed by atoms with E-state index in [0.717, 1.165) is 16.7 Å². The monoisotopic (exact) mass is 404 g/mol. The van der Waals surface area contributed by atoms with Crippen LogP contribution in [0, 0.1) is 0 Å². The minimum atomic E-state index is -1.44. The molecule has 1 aliphatic rings. The first-order valence-corrected chi connectivity index (χ1v) is 8.42. The summed E-state index contributed by atoms with van der Waals surface area (Å²) >= 11 is 17.9. The zero-order valence-electron chi connectivity index (χ0n) is 11.9. The largest absolute Gasteiger partial charge is 0.480 e. The molecular formula is C14H10Cl2N2O4S2. The second-order valence-corrected chi connectivity index (χ2v) is 7.26. The quantitative estimate of drug-likeness (QED) is 0.577. The van der Waals surface area contributed by atoms with Gasteiger partial charge in [0, 0.05) is 10.0 Å². The Labute approximate surface area is 156 Å². The smallest absolute Gasteiger partial charge is 0.327 e. The van der Waals surface area contributed by atoms with Gasteiger partial charge in [-0.2, -0.15) is 0 Å². The van der Waals surface area contributed by atoms with Crippen LogP contribution in [-0.4, -0.2) is 38.2 Å². The lowest BCUT2D eigenvalue weighted by atomic mass is 10.1. The Balaban J connectivity index is 2.35. The number of hydrogen-bond acceptors (Lipinski definition) is 5. The number of amides is 2. The van der Waals surface area contributed by atoms with Gasteiger partial charge in [-0.25, -0.2) is 4.79 Å². The molecule has 1 aliphatic heterocycles. The summed E-state index contributed by atoms with van der Waals surface area (Å²) in [5, 5.41) is 10.0. The molecule has 2 rings (SSSR count). The number of carboxylic acid groups (broad SMARTS) is 1.